The molecule has 0 spiro atoms. The summed E-state index contributed by atoms with van der Waals surface area (Å²) in [5, 5.41) is 11.4. The van der Waals surface area contributed by atoms with Crippen LogP contribution < -0.4 is 0 Å². The van der Waals surface area contributed by atoms with Crippen LogP contribution in [-0.4, -0.2) is 11.4 Å². The molecule has 1 N–H and O–H groups in total. The van der Waals surface area contributed by atoms with Crippen molar-refractivity contribution in [2.75, 3.05) is 0 Å². The Labute approximate surface area is 71.2 Å². The Balaban J connectivity index is 4.01. The summed E-state index contributed by atoms with van der Waals surface area (Å²) in [5.41, 5.74) is 0.835. The Morgan fingerprint density at radius 3 is 2.73 bits per heavy atom. The molecule has 11 heavy (non-hydrogen) atoms. The monoisotopic (exact) mass is 171 g/mol. The van der Waals surface area contributed by atoms with Crippen molar-refractivity contribution >= 4 is 17.8 Å². The smallest absolute Gasteiger partial charge is 0.0690 e. The van der Waals surface area contributed by atoms with Gasteiger partial charge in [-0.2, -0.15) is 0 Å². The van der Waals surface area contributed by atoms with Gasteiger partial charge in [0.1, 0.15) is 0 Å². The van der Waals surface area contributed by atoms with Gasteiger partial charge in [0, 0.05) is 5.03 Å². The van der Waals surface area contributed by atoms with Gasteiger partial charge < -0.3 is 5.21 Å². The molecule has 0 aromatic carbocycles. The first-order chi connectivity index (χ1) is 5.16. The van der Waals surface area contributed by atoms with Gasteiger partial charge in [0.25, 0.3) is 0 Å². The van der Waals surface area contributed by atoms with Gasteiger partial charge in [0.2, 0.25) is 0 Å². The van der Waals surface area contributed by atoms with E-state index in [-0.39, 0.29) is 0 Å². The molecule has 0 aliphatic rings. The third-order valence-electron chi connectivity index (χ3n) is 0.898. The molecule has 3 heteroatoms. The van der Waals surface area contributed by atoms with E-state index in [0.29, 0.717) is 5.03 Å². The zero-order valence-corrected chi connectivity index (χ0v) is 7.04. The van der Waals surface area contributed by atoms with Gasteiger partial charge in [0.05, 0.1) is 6.21 Å². The lowest BCUT2D eigenvalue weighted by Crippen LogP contribution is -1.74. The van der Waals surface area contributed by atoms with Crippen LogP contribution in [0.1, 0.15) is 6.92 Å². The van der Waals surface area contributed by atoms with Gasteiger partial charge >= 0.3 is 0 Å². The van der Waals surface area contributed by atoms with Gasteiger partial charge in [-0.25, -0.2) is 0 Å². The predicted molar refractivity (Wildman–Crippen MR) is 48.2 cm³/mol. The molecule has 0 saturated carbocycles. The molecule has 2 nitrogen and oxygen atoms in total. The summed E-state index contributed by atoms with van der Waals surface area (Å²) >= 11 is 5.44. The zero-order chi connectivity index (χ0) is 8.69. The Morgan fingerprint density at radius 1 is 1.64 bits per heavy atom. The van der Waals surface area contributed by atoms with Crippen molar-refractivity contribution in [2.45, 2.75) is 6.92 Å². The van der Waals surface area contributed by atoms with Crippen molar-refractivity contribution in [1.29, 1.82) is 0 Å². The van der Waals surface area contributed by atoms with E-state index in [1.165, 1.54) is 6.21 Å². The molecule has 0 aliphatic carbocycles. The maximum Gasteiger partial charge on any atom is 0.0690 e. The number of hydrogen-bond acceptors (Lipinski definition) is 2. The van der Waals surface area contributed by atoms with Crippen LogP contribution in [0.15, 0.2) is 40.6 Å². The van der Waals surface area contributed by atoms with Crippen LogP contribution in [0.25, 0.3) is 0 Å². The molecule has 0 bridgehead atoms. The van der Waals surface area contributed by atoms with E-state index in [1.54, 1.807) is 25.2 Å². The summed E-state index contributed by atoms with van der Waals surface area (Å²) in [6.07, 6.45) is 6.47. The number of nitrogens with zero attached hydrogens (tertiary/aromatic N) is 1. The van der Waals surface area contributed by atoms with Gasteiger partial charge in [-0.15, -0.1) is 0 Å². The number of halogens is 1. The predicted octanol–water partition coefficient (Wildman–Crippen LogP) is 2.70. The fraction of sp³-hybridized carbons (Fsp3) is 0.125. The molecule has 0 unspecified atom stereocenters. The van der Waals surface area contributed by atoms with E-state index >= 15 is 0 Å². The highest BCUT2D eigenvalue weighted by atomic mass is 35.5. The van der Waals surface area contributed by atoms with Crippen molar-refractivity contribution in [1.82, 2.24) is 0 Å². The van der Waals surface area contributed by atoms with Gasteiger partial charge in [0.15, 0.2) is 0 Å². The molecule has 0 aromatic rings. The van der Waals surface area contributed by atoms with Crippen LogP contribution in [0.3, 0.4) is 0 Å². The molecule has 0 aromatic heterocycles. The molecule has 0 saturated heterocycles. The molecular weight excluding hydrogens is 162 g/mol. The first kappa shape index (κ1) is 9.98. The maximum absolute atomic E-state index is 8.11. The second-order valence-electron chi connectivity index (χ2n) is 1.96. The van der Waals surface area contributed by atoms with E-state index in [4.69, 9.17) is 16.8 Å². The minimum Gasteiger partial charge on any atom is -0.411 e. The molecular formula is C8H10ClNO. The van der Waals surface area contributed by atoms with Crippen LogP contribution in [0.2, 0.25) is 0 Å². The lowest BCUT2D eigenvalue weighted by molar-refractivity contribution is 0.321. The van der Waals surface area contributed by atoms with Crippen molar-refractivity contribution in [3.8, 4) is 0 Å². The first-order valence-electron chi connectivity index (χ1n) is 3.03. The second kappa shape index (κ2) is 5.74. The van der Waals surface area contributed by atoms with Gasteiger partial charge in [-0.3, -0.25) is 0 Å². The normalized spacial score (nSPS) is 13.1. The molecule has 0 amide bonds. The first-order valence-corrected chi connectivity index (χ1v) is 3.41. The van der Waals surface area contributed by atoms with E-state index < -0.39 is 0 Å². The lowest BCUT2D eigenvalue weighted by Gasteiger charge is -1.83. The maximum atomic E-state index is 8.11. The Hall–Kier alpha value is -1.02. The van der Waals surface area contributed by atoms with Crippen LogP contribution in [0, 0.1) is 0 Å². The summed E-state index contributed by atoms with van der Waals surface area (Å²) in [6.45, 7) is 5.27. The highest BCUT2D eigenvalue weighted by Crippen LogP contribution is 1.98. The highest BCUT2D eigenvalue weighted by molar-refractivity contribution is 6.30. The van der Waals surface area contributed by atoms with E-state index in [0.717, 1.165) is 5.57 Å². The number of oxime groups is 1. The summed E-state index contributed by atoms with van der Waals surface area (Å²) in [6, 6.07) is 0. The van der Waals surface area contributed by atoms with Crippen LogP contribution in [0.5, 0.6) is 0 Å². The fourth-order valence-corrected chi connectivity index (χ4v) is 0.511. The molecule has 0 heterocycles. The van der Waals surface area contributed by atoms with Crippen LogP contribution in [-0.2, 0) is 0 Å². The third kappa shape index (κ3) is 6.87. The molecule has 0 rings (SSSR count). The summed E-state index contributed by atoms with van der Waals surface area (Å²) in [4.78, 5) is 0. The zero-order valence-electron chi connectivity index (χ0n) is 6.29. The molecule has 0 fully saturated rings. The minimum atomic E-state index is 0.468. The average Bonchev–Trinajstić information content (AvgIpc) is 1.87. The standard InChI is InChI=1S/C8H10ClNO/c1-7(6-10-11)4-3-5-8(2)9/h3-6,11H,2H2,1H3/b5-3-,7-4+,10-6+. The SMILES string of the molecule is C=C(Cl)\C=C/C=C(C)/C=N/O. The average molecular weight is 172 g/mol. The largest absolute Gasteiger partial charge is 0.411 e. The second-order valence-corrected chi connectivity index (χ2v) is 2.45. The fourth-order valence-electron chi connectivity index (χ4n) is 0.438. The van der Waals surface area contributed by atoms with E-state index in [9.17, 15) is 0 Å². The third-order valence-corrected chi connectivity index (χ3v) is 1.02. The van der Waals surface area contributed by atoms with Crippen molar-refractivity contribution < 1.29 is 5.21 Å². The lowest BCUT2D eigenvalue weighted by atomic mass is 10.3. The molecule has 60 valence electrons. The highest BCUT2D eigenvalue weighted by Gasteiger charge is 1.78. The summed E-state index contributed by atoms with van der Waals surface area (Å²) < 4.78 is 0. The van der Waals surface area contributed by atoms with E-state index in [1.807, 2.05) is 0 Å². The Morgan fingerprint density at radius 2 is 2.27 bits per heavy atom. The minimum absolute atomic E-state index is 0.468. The number of hydrogen-bond donors (Lipinski definition) is 1. The number of rotatable bonds is 3. The van der Waals surface area contributed by atoms with Crippen LogP contribution in [0.4, 0.5) is 0 Å². The molecule has 0 aliphatic heterocycles. The molecule has 0 radical (unpaired) electrons. The van der Waals surface area contributed by atoms with Crippen molar-refractivity contribution in [3.05, 3.63) is 35.4 Å². The van der Waals surface area contributed by atoms with Gasteiger partial charge in [-0.1, -0.05) is 35.5 Å². The van der Waals surface area contributed by atoms with Crippen molar-refractivity contribution in [3.63, 3.8) is 0 Å². The Bertz CT molecular complexity index is 216. The summed E-state index contributed by atoms with van der Waals surface area (Å²) in [5.74, 6) is 0. The topological polar surface area (TPSA) is 32.6 Å². The van der Waals surface area contributed by atoms with Crippen molar-refractivity contribution in [2.24, 2.45) is 5.16 Å². The Kier molecular flexibility index (Phi) is 5.21. The van der Waals surface area contributed by atoms with Crippen LogP contribution >= 0.6 is 11.6 Å². The number of allylic oxidation sites excluding steroid dienone is 5. The van der Waals surface area contributed by atoms with Gasteiger partial charge in [-0.05, 0) is 18.6 Å². The summed E-state index contributed by atoms with van der Waals surface area (Å²) in [7, 11) is 0. The quantitative estimate of drug-likeness (QED) is 0.301. The molecule has 0 atom stereocenters. The van der Waals surface area contributed by atoms with E-state index in [2.05, 4.69) is 11.7 Å².